The van der Waals surface area contributed by atoms with Crippen LogP contribution in [0.3, 0.4) is 0 Å². The molecule has 2 fully saturated rings. The highest BCUT2D eigenvalue weighted by Gasteiger charge is 2.26. The van der Waals surface area contributed by atoms with Gasteiger partial charge >= 0.3 is 5.96 Å². The molecule has 2 aliphatic heterocycles. The fourth-order valence-electron chi connectivity index (χ4n) is 2.01. The van der Waals surface area contributed by atoms with E-state index in [1.165, 1.54) is 5.96 Å². The molecule has 2 atom stereocenters. The second-order valence-corrected chi connectivity index (χ2v) is 3.86. The van der Waals surface area contributed by atoms with Gasteiger partial charge in [-0.05, 0) is 13.8 Å². The lowest BCUT2D eigenvalue weighted by molar-refractivity contribution is -0.569. The van der Waals surface area contributed by atoms with Crippen molar-refractivity contribution in [2.24, 2.45) is 0 Å². The highest BCUT2D eigenvalue weighted by molar-refractivity contribution is 5.76. The molecule has 0 aliphatic carbocycles. The first kappa shape index (κ1) is 8.81. The fourth-order valence-corrected chi connectivity index (χ4v) is 2.01. The van der Waals surface area contributed by atoms with E-state index in [0.29, 0.717) is 12.2 Å². The summed E-state index contributed by atoms with van der Waals surface area (Å²) >= 11 is 0. The van der Waals surface area contributed by atoms with E-state index in [1.54, 1.807) is 0 Å². The van der Waals surface area contributed by atoms with Crippen LogP contribution in [0.4, 0.5) is 0 Å². The molecule has 0 aromatic carbocycles. The van der Waals surface area contributed by atoms with Crippen LogP contribution in [0.25, 0.3) is 0 Å². The molecule has 0 amide bonds. The van der Waals surface area contributed by atoms with Crippen LogP contribution in [0.1, 0.15) is 13.8 Å². The van der Waals surface area contributed by atoms with Crippen LogP contribution in [-0.4, -0.2) is 48.9 Å². The predicted molar refractivity (Wildman–Crippen MR) is 51.0 cm³/mol. The van der Waals surface area contributed by atoms with Gasteiger partial charge in [-0.15, -0.1) is 0 Å². The van der Waals surface area contributed by atoms with Gasteiger partial charge in [-0.1, -0.05) is 0 Å². The molecule has 2 aliphatic rings. The minimum Gasteiger partial charge on any atom is -0.369 e. The quantitative estimate of drug-likeness (QED) is 0.491. The second kappa shape index (κ2) is 3.54. The average Bonchev–Trinajstić information content (AvgIpc) is 2.53. The first-order valence-electron chi connectivity index (χ1n) is 5.01. The molecule has 0 spiro atoms. The zero-order valence-electron chi connectivity index (χ0n) is 8.34. The van der Waals surface area contributed by atoms with E-state index in [4.69, 9.17) is 4.74 Å². The normalized spacial score (nSPS) is 34.3. The molecule has 2 rings (SSSR count). The maximum atomic E-state index is 5.67. The van der Waals surface area contributed by atoms with Crippen LogP contribution in [-0.2, 0) is 4.74 Å². The van der Waals surface area contributed by atoms with Crippen LogP contribution in [0.2, 0.25) is 0 Å². The van der Waals surface area contributed by atoms with Crippen molar-refractivity contribution in [3.05, 3.63) is 0 Å². The lowest BCUT2D eigenvalue weighted by Crippen LogP contribution is -2.47. The number of ether oxygens (including phenoxy) is 1. The first-order chi connectivity index (χ1) is 6.25. The highest BCUT2D eigenvalue weighted by Crippen LogP contribution is 2.06. The van der Waals surface area contributed by atoms with Gasteiger partial charge < -0.3 is 4.74 Å². The number of hydrogen-bond acceptors (Lipinski definition) is 1. The average molecular weight is 184 g/mol. The highest BCUT2D eigenvalue weighted by atomic mass is 16.5. The van der Waals surface area contributed by atoms with Gasteiger partial charge in [0.1, 0.15) is 0 Å². The van der Waals surface area contributed by atoms with Crippen LogP contribution >= 0.6 is 0 Å². The Morgan fingerprint density at radius 2 is 1.69 bits per heavy atom. The molecule has 2 N–H and O–H groups in total. The summed E-state index contributed by atoms with van der Waals surface area (Å²) < 4.78 is 8.00. The summed E-state index contributed by atoms with van der Waals surface area (Å²) in [4.78, 5) is 0. The number of guanidine groups is 1. The SMILES string of the molecule is C[C@H]1C[N+](=C2NCCN2)C[C@H](C)O1. The zero-order valence-corrected chi connectivity index (χ0v) is 8.34. The van der Waals surface area contributed by atoms with Gasteiger partial charge in [0, 0.05) is 0 Å². The summed E-state index contributed by atoms with van der Waals surface area (Å²) in [6, 6.07) is 0. The molecule has 0 aromatic heterocycles. The molecule has 0 aromatic rings. The third kappa shape index (κ3) is 1.94. The van der Waals surface area contributed by atoms with Gasteiger partial charge in [0.05, 0.1) is 38.4 Å². The molecule has 2 saturated heterocycles. The van der Waals surface area contributed by atoms with Crippen molar-refractivity contribution >= 4 is 5.96 Å². The minimum atomic E-state index is 0.334. The number of morpholine rings is 1. The Bertz CT molecular complexity index is 207. The topological polar surface area (TPSA) is 36.3 Å². The van der Waals surface area contributed by atoms with Crippen molar-refractivity contribution < 1.29 is 9.31 Å². The predicted octanol–water partition coefficient (Wildman–Crippen LogP) is -0.645. The largest absolute Gasteiger partial charge is 0.369 e. The van der Waals surface area contributed by atoms with Crippen LogP contribution in [0.5, 0.6) is 0 Å². The summed E-state index contributed by atoms with van der Waals surface area (Å²) in [7, 11) is 0. The van der Waals surface area contributed by atoms with E-state index < -0.39 is 0 Å². The van der Waals surface area contributed by atoms with Crippen molar-refractivity contribution in [1.82, 2.24) is 10.6 Å². The standard InChI is InChI=1S/C9H17N3O/c1-7-5-12(6-8(2)13-7)9-10-3-4-11-9/h7-8H,3-6H2,1-2H3,(H,10,11)/p+1/t7-,8-/m0/s1. The van der Waals surface area contributed by atoms with Crippen LogP contribution in [0.15, 0.2) is 0 Å². The van der Waals surface area contributed by atoms with E-state index in [-0.39, 0.29) is 0 Å². The summed E-state index contributed by atoms with van der Waals surface area (Å²) in [5.74, 6) is 1.18. The lowest BCUT2D eigenvalue weighted by Gasteiger charge is -2.27. The molecular weight excluding hydrogens is 166 g/mol. The molecule has 74 valence electrons. The Morgan fingerprint density at radius 1 is 1.15 bits per heavy atom. The molecule has 0 bridgehead atoms. The zero-order chi connectivity index (χ0) is 9.26. The van der Waals surface area contributed by atoms with Gasteiger partial charge in [0.15, 0.2) is 0 Å². The van der Waals surface area contributed by atoms with Crippen molar-refractivity contribution in [3.63, 3.8) is 0 Å². The lowest BCUT2D eigenvalue weighted by atomic mass is 10.2. The molecule has 4 heteroatoms. The molecule has 0 saturated carbocycles. The monoisotopic (exact) mass is 184 g/mol. The van der Waals surface area contributed by atoms with Crippen molar-refractivity contribution in [3.8, 4) is 0 Å². The molecule has 4 nitrogen and oxygen atoms in total. The third-order valence-electron chi connectivity index (χ3n) is 2.45. The Labute approximate surface area is 79.0 Å². The Kier molecular flexibility index (Phi) is 2.40. The molecular formula is C9H18N3O+. The maximum Gasteiger partial charge on any atom is 0.346 e. The molecule has 0 radical (unpaired) electrons. The maximum absolute atomic E-state index is 5.67. The van der Waals surface area contributed by atoms with E-state index >= 15 is 0 Å². The van der Waals surface area contributed by atoms with E-state index in [9.17, 15) is 0 Å². The van der Waals surface area contributed by atoms with Crippen LogP contribution < -0.4 is 10.6 Å². The molecule has 0 unspecified atom stereocenters. The van der Waals surface area contributed by atoms with Gasteiger partial charge in [-0.25, -0.2) is 0 Å². The number of nitrogens with zero attached hydrogens (tertiary/aromatic N) is 1. The van der Waals surface area contributed by atoms with Gasteiger partial charge in [0.25, 0.3) is 0 Å². The minimum absolute atomic E-state index is 0.334. The van der Waals surface area contributed by atoms with E-state index in [0.717, 1.165) is 26.2 Å². The Hall–Kier alpha value is -0.770. The smallest absolute Gasteiger partial charge is 0.346 e. The fraction of sp³-hybridized carbons (Fsp3) is 0.889. The van der Waals surface area contributed by atoms with Gasteiger partial charge in [-0.3, -0.25) is 15.2 Å². The Morgan fingerprint density at radius 3 is 2.23 bits per heavy atom. The van der Waals surface area contributed by atoms with E-state index in [1.807, 2.05) is 0 Å². The van der Waals surface area contributed by atoms with Crippen molar-refractivity contribution in [2.75, 3.05) is 26.2 Å². The molecule has 2 heterocycles. The summed E-state index contributed by atoms with van der Waals surface area (Å²) in [6.07, 6.45) is 0.667. The summed E-state index contributed by atoms with van der Waals surface area (Å²) in [6.45, 7) is 8.29. The molecule has 13 heavy (non-hydrogen) atoms. The third-order valence-corrected chi connectivity index (χ3v) is 2.45. The number of rotatable bonds is 0. The van der Waals surface area contributed by atoms with Crippen molar-refractivity contribution in [1.29, 1.82) is 0 Å². The first-order valence-corrected chi connectivity index (χ1v) is 5.01. The summed E-state index contributed by atoms with van der Waals surface area (Å²) in [5.41, 5.74) is 0. The van der Waals surface area contributed by atoms with Crippen LogP contribution in [0, 0.1) is 0 Å². The number of hydrogen-bond donors (Lipinski definition) is 2. The van der Waals surface area contributed by atoms with Crippen molar-refractivity contribution in [2.45, 2.75) is 26.1 Å². The second-order valence-electron chi connectivity index (χ2n) is 3.86. The summed E-state index contributed by atoms with van der Waals surface area (Å²) in [5, 5.41) is 6.69. The van der Waals surface area contributed by atoms with Gasteiger partial charge in [-0.2, -0.15) is 0 Å². The van der Waals surface area contributed by atoms with Gasteiger partial charge in [0.2, 0.25) is 0 Å². The Balaban J connectivity index is 2.09. The van der Waals surface area contributed by atoms with E-state index in [2.05, 4.69) is 29.1 Å². The number of nitrogens with one attached hydrogen (secondary N) is 2.